The molecule has 1 heterocycles. The van der Waals surface area contributed by atoms with Gasteiger partial charge >= 0.3 is 0 Å². The van der Waals surface area contributed by atoms with E-state index in [-0.39, 0.29) is 0 Å². The highest BCUT2D eigenvalue weighted by molar-refractivity contribution is 5.93. The molecular weight excluding hydrogens is 332 g/mol. The van der Waals surface area contributed by atoms with Gasteiger partial charge in [0.2, 0.25) is 0 Å². The highest BCUT2D eigenvalue weighted by Gasteiger charge is 2.01. The molecule has 1 aromatic carbocycles. The van der Waals surface area contributed by atoms with Crippen LogP contribution in [0.3, 0.4) is 0 Å². The van der Waals surface area contributed by atoms with Crippen LogP contribution < -0.4 is 20.1 Å². The number of hydrogen-bond acceptors (Lipinski definition) is 5. The summed E-state index contributed by atoms with van der Waals surface area (Å²) in [5.74, 6) is 2.22. The predicted octanol–water partition coefficient (Wildman–Crippen LogP) is 2.56. The summed E-state index contributed by atoms with van der Waals surface area (Å²) in [5.41, 5.74) is 0.899. The molecule has 0 radical (unpaired) electrons. The maximum Gasteiger partial charge on any atom is 0.195 e. The number of ether oxygens (including phenoxy) is 3. The maximum absolute atomic E-state index is 5.71. The number of methoxy groups -OCH3 is 1. The van der Waals surface area contributed by atoms with Crippen LogP contribution in [0.4, 0.5) is 5.69 Å². The zero-order chi connectivity index (χ0) is 18.5. The quantitative estimate of drug-likeness (QED) is 0.386. The summed E-state index contributed by atoms with van der Waals surface area (Å²) in [7, 11) is 3.41. The highest BCUT2D eigenvalue weighted by atomic mass is 16.5. The van der Waals surface area contributed by atoms with E-state index in [4.69, 9.17) is 14.2 Å². The summed E-state index contributed by atoms with van der Waals surface area (Å²) in [5, 5.41) is 6.44. The first-order valence-electron chi connectivity index (χ1n) is 8.54. The van der Waals surface area contributed by atoms with Crippen LogP contribution in [0.1, 0.15) is 6.42 Å². The summed E-state index contributed by atoms with van der Waals surface area (Å²) < 4.78 is 16.3. The van der Waals surface area contributed by atoms with Gasteiger partial charge in [-0.1, -0.05) is 6.07 Å². The van der Waals surface area contributed by atoms with Crippen molar-refractivity contribution in [3.8, 4) is 11.5 Å². The Kier molecular flexibility index (Phi) is 8.79. The zero-order valence-corrected chi connectivity index (χ0v) is 15.3. The number of pyridine rings is 1. The molecule has 0 fully saturated rings. The van der Waals surface area contributed by atoms with Gasteiger partial charge < -0.3 is 24.8 Å². The molecule has 140 valence electrons. The van der Waals surface area contributed by atoms with E-state index in [9.17, 15) is 0 Å². The largest absolute Gasteiger partial charge is 0.493 e. The first-order chi connectivity index (χ1) is 12.8. The highest BCUT2D eigenvalue weighted by Crippen LogP contribution is 2.17. The lowest BCUT2D eigenvalue weighted by Gasteiger charge is -2.13. The molecule has 0 aliphatic heterocycles. The van der Waals surface area contributed by atoms with Crippen molar-refractivity contribution in [2.75, 3.05) is 45.8 Å². The summed E-state index contributed by atoms with van der Waals surface area (Å²) >= 11 is 0. The molecule has 2 N–H and O–H groups in total. The molecule has 2 aromatic rings. The van der Waals surface area contributed by atoms with Crippen molar-refractivity contribution in [1.29, 1.82) is 0 Å². The van der Waals surface area contributed by atoms with Gasteiger partial charge in [0, 0.05) is 45.1 Å². The Morgan fingerprint density at radius 2 is 1.92 bits per heavy atom. The van der Waals surface area contributed by atoms with Gasteiger partial charge in [0.15, 0.2) is 5.96 Å². The lowest BCUT2D eigenvalue weighted by molar-refractivity contribution is 0.172. The molecular formula is C19H26N4O3. The van der Waals surface area contributed by atoms with Crippen molar-refractivity contribution in [3.05, 3.63) is 48.8 Å². The van der Waals surface area contributed by atoms with E-state index < -0.39 is 0 Å². The maximum atomic E-state index is 5.71. The molecule has 0 atom stereocenters. The van der Waals surface area contributed by atoms with Gasteiger partial charge in [0.05, 0.1) is 19.3 Å². The van der Waals surface area contributed by atoms with Crippen molar-refractivity contribution in [3.63, 3.8) is 0 Å². The molecule has 1 aromatic heterocycles. The minimum atomic E-state index is 0.509. The number of nitrogens with one attached hydrogen (secondary N) is 2. The Hall–Kier alpha value is -2.80. The van der Waals surface area contributed by atoms with Crippen LogP contribution in [0, 0.1) is 0 Å². The molecule has 7 nitrogen and oxygen atoms in total. The molecule has 2 rings (SSSR count). The van der Waals surface area contributed by atoms with Crippen molar-refractivity contribution < 1.29 is 14.2 Å². The second kappa shape index (κ2) is 11.7. The van der Waals surface area contributed by atoms with Crippen LogP contribution in [0.5, 0.6) is 11.5 Å². The third-order valence-corrected chi connectivity index (χ3v) is 3.38. The second-order valence-corrected chi connectivity index (χ2v) is 5.38. The number of rotatable bonds is 10. The first-order valence-corrected chi connectivity index (χ1v) is 8.54. The van der Waals surface area contributed by atoms with E-state index >= 15 is 0 Å². The summed E-state index contributed by atoms with van der Waals surface area (Å²) in [6.45, 7) is 2.43. The van der Waals surface area contributed by atoms with Crippen molar-refractivity contribution in [2.45, 2.75) is 6.42 Å². The number of benzene rings is 1. The molecule has 7 heteroatoms. The Bertz CT molecular complexity index is 665. The normalized spacial score (nSPS) is 11.1. The van der Waals surface area contributed by atoms with Crippen molar-refractivity contribution in [1.82, 2.24) is 10.3 Å². The third-order valence-electron chi connectivity index (χ3n) is 3.38. The molecule has 0 saturated carbocycles. The van der Waals surface area contributed by atoms with Crippen molar-refractivity contribution >= 4 is 11.6 Å². The number of aliphatic imine (C=N–C) groups is 1. The smallest absolute Gasteiger partial charge is 0.195 e. The van der Waals surface area contributed by atoms with Crippen LogP contribution in [-0.4, -0.2) is 51.5 Å². The molecule has 0 saturated heterocycles. The number of aromatic nitrogens is 1. The van der Waals surface area contributed by atoms with Gasteiger partial charge in [0.1, 0.15) is 18.1 Å². The minimum Gasteiger partial charge on any atom is -0.493 e. The van der Waals surface area contributed by atoms with E-state index in [0.29, 0.717) is 32.3 Å². The Balaban J connectivity index is 1.74. The van der Waals surface area contributed by atoms with E-state index in [1.165, 1.54) is 0 Å². The van der Waals surface area contributed by atoms with Gasteiger partial charge in [-0.05, 0) is 24.3 Å². The Labute approximate surface area is 154 Å². The summed E-state index contributed by atoms with van der Waals surface area (Å²) in [4.78, 5) is 8.22. The summed E-state index contributed by atoms with van der Waals surface area (Å²) in [6, 6.07) is 11.5. The van der Waals surface area contributed by atoms with Gasteiger partial charge in [0.25, 0.3) is 0 Å². The lowest BCUT2D eigenvalue weighted by atomic mass is 10.3. The Morgan fingerprint density at radius 3 is 2.69 bits per heavy atom. The van der Waals surface area contributed by atoms with Crippen LogP contribution in [-0.2, 0) is 4.74 Å². The standard InChI is InChI=1S/C19H26N4O3/c1-20-19(22-10-13-26-18-8-4-9-21-15-18)23-16-6-3-7-17(14-16)25-12-5-11-24-2/h3-4,6-9,14-15H,5,10-13H2,1-2H3,(H2,20,22,23). The van der Waals surface area contributed by atoms with Crippen LogP contribution in [0.15, 0.2) is 53.8 Å². The second-order valence-electron chi connectivity index (χ2n) is 5.38. The topological polar surface area (TPSA) is 77.0 Å². The van der Waals surface area contributed by atoms with E-state index in [2.05, 4.69) is 20.6 Å². The SMILES string of the molecule is CN=C(NCCOc1cccnc1)Nc1cccc(OCCCOC)c1. The molecule has 0 aliphatic carbocycles. The fourth-order valence-electron chi connectivity index (χ4n) is 2.14. The molecule has 0 amide bonds. The van der Waals surface area contributed by atoms with Gasteiger partial charge in [-0.2, -0.15) is 0 Å². The lowest BCUT2D eigenvalue weighted by Crippen LogP contribution is -2.33. The monoisotopic (exact) mass is 358 g/mol. The number of nitrogens with zero attached hydrogens (tertiary/aromatic N) is 2. The van der Waals surface area contributed by atoms with E-state index in [1.807, 2.05) is 36.4 Å². The minimum absolute atomic E-state index is 0.509. The zero-order valence-electron chi connectivity index (χ0n) is 15.3. The molecule has 26 heavy (non-hydrogen) atoms. The van der Waals surface area contributed by atoms with Crippen molar-refractivity contribution in [2.24, 2.45) is 4.99 Å². The molecule has 0 aliphatic rings. The van der Waals surface area contributed by atoms with Gasteiger partial charge in [-0.3, -0.25) is 9.98 Å². The fraction of sp³-hybridized carbons (Fsp3) is 0.368. The van der Waals surface area contributed by atoms with E-state index in [1.54, 1.807) is 26.6 Å². The summed E-state index contributed by atoms with van der Waals surface area (Å²) in [6.07, 6.45) is 4.26. The molecule has 0 bridgehead atoms. The van der Waals surface area contributed by atoms with Crippen LogP contribution in [0.2, 0.25) is 0 Å². The average molecular weight is 358 g/mol. The average Bonchev–Trinajstić information content (AvgIpc) is 2.69. The van der Waals surface area contributed by atoms with Crippen LogP contribution >= 0.6 is 0 Å². The molecule has 0 spiro atoms. The fourth-order valence-corrected chi connectivity index (χ4v) is 2.14. The third kappa shape index (κ3) is 7.40. The van der Waals surface area contributed by atoms with Crippen LogP contribution in [0.25, 0.3) is 0 Å². The first kappa shape index (κ1) is 19.5. The van der Waals surface area contributed by atoms with E-state index in [0.717, 1.165) is 23.6 Å². The predicted molar refractivity (Wildman–Crippen MR) is 103 cm³/mol. The number of anilines is 1. The Morgan fingerprint density at radius 1 is 1.08 bits per heavy atom. The number of hydrogen-bond donors (Lipinski definition) is 2. The van der Waals surface area contributed by atoms with Gasteiger partial charge in [-0.15, -0.1) is 0 Å². The number of guanidine groups is 1. The van der Waals surface area contributed by atoms with Gasteiger partial charge in [-0.25, -0.2) is 0 Å². The molecule has 0 unspecified atom stereocenters.